The second kappa shape index (κ2) is 13.5. The third-order valence-electron chi connectivity index (χ3n) is 6.04. The maximum absolute atomic E-state index is 13.4. The van der Waals surface area contributed by atoms with Gasteiger partial charge in [-0.1, -0.05) is 60.1 Å². The van der Waals surface area contributed by atoms with Crippen LogP contribution in [0.3, 0.4) is 0 Å². The minimum Gasteiger partial charge on any atom is -0.494 e. The van der Waals surface area contributed by atoms with Gasteiger partial charge in [-0.05, 0) is 54.2 Å². The first-order chi connectivity index (χ1) is 18.0. The van der Waals surface area contributed by atoms with Crippen molar-refractivity contribution in [1.82, 2.24) is 4.90 Å². The Labute approximate surface area is 226 Å². The van der Waals surface area contributed by atoms with E-state index in [4.69, 9.17) is 16.3 Å². The lowest BCUT2D eigenvalue weighted by Crippen LogP contribution is -2.28. The Bertz CT molecular complexity index is 1300. The zero-order valence-corrected chi connectivity index (χ0v) is 22.6. The fraction of sp³-hybridized carbons (Fsp3) is 0.357. The van der Waals surface area contributed by atoms with Crippen LogP contribution in [0.4, 0.5) is 13.2 Å². The van der Waals surface area contributed by atoms with Gasteiger partial charge in [-0.2, -0.15) is 13.2 Å². The van der Waals surface area contributed by atoms with Crippen molar-refractivity contribution >= 4 is 21.4 Å². The molecule has 0 saturated heterocycles. The lowest BCUT2D eigenvalue weighted by atomic mass is 10.1. The number of hydrogen-bond acceptors (Lipinski definition) is 5. The molecular weight excluding hydrogens is 539 g/mol. The fourth-order valence-electron chi connectivity index (χ4n) is 4.14. The molecule has 0 aliphatic heterocycles. The number of rotatable bonds is 13. The minimum atomic E-state index is -4.53. The highest BCUT2D eigenvalue weighted by Gasteiger charge is 2.34. The van der Waals surface area contributed by atoms with E-state index < -0.39 is 21.6 Å². The van der Waals surface area contributed by atoms with Gasteiger partial charge in [0, 0.05) is 32.5 Å². The second-order valence-corrected chi connectivity index (χ2v) is 11.4. The quantitative estimate of drug-likeness (QED) is 0.263. The van der Waals surface area contributed by atoms with Crippen molar-refractivity contribution in [2.45, 2.75) is 36.9 Å². The maximum atomic E-state index is 13.4. The summed E-state index contributed by atoms with van der Waals surface area (Å²) >= 11 is 6.15. The van der Waals surface area contributed by atoms with Crippen LogP contribution in [0.15, 0.2) is 71.6 Å². The Balaban J connectivity index is 1.68. The molecule has 3 rings (SSSR count). The Hall–Kier alpha value is -2.59. The molecule has 206 valence electrons. The Morgan fingerprint density at radius 2 is 1.68 bits per heavy atom. The van der Waals surface area contributed by atoms with E-state index in [9.17, 15) is 26.7 Å². The smallest absolute Gasteiger partial charge is 0.417 e. The highest BCUT2D eigenvalue weighted by atomic mass is 35.5. The molecule has 0 radical (unpaired) electrons. The van der Waals surface area contributed by atoms with E-state index in [0.29, 0.717) is 42.8 Å². The predicted molar refractivity (Wildman–Crippen MR) is 142 cm³/mol. The van der Waals surface area contributed by atoms with Crippen LogP contribution in [0.2, 0.25) is 5.02 Å². The minimum absolute atomic E-state index is 0.118. The normalized spacial score (nSPS) is 12.2. The number of aliphatic hydroxyl groups is 1. The molecule has 3 aromatic rings. The molecule has 38 heavy (non-hydrogen) atoms. The summed E-state index contributed by atoms with van der Waals surface area (Å²) in [6, 6.07) is 18.5. The van der Waals surface area contributed by atoms with Crippen molar-refractivity contribution in [2.24, 2.45) is 0 Å². The van der Waals surface area contributed by atoms with Crippen molar-refractivity contribution in [3.8, 4) is 5.75 Å². The number of nitrogens with zero attached hydrogens (tertiary/aromatic N) is 1. The van der Waals surface area contributed by atoms with Crippen LogP contribution in [0.1, 0.15) is 28.7 Å². The number of halogens is 4. The summed E-state index contributed by atoms with van der Waals surface area (Å²) in [5.74, 6) is 0.392. The van der Waals surface area contributed by atoms with Crippen molar-refractivity contribution in [3.05, 3.63) is 94.0 Å². The van der Waals surface area contributed by atoms with Crippen LogP contribution in [0.5, 0.6) is 5.75 Å². The first kappa shape index (κ1) is 30.0. The van der Waals surface area contributed by atoms with E-state index in [1.54, 1.807) is 18.2 Å². The summed E-state index contributed by atoms with van der Waals surface area (Å²) in [5, 5.41) is 8.91. The topological polar surface area (TPSA) is 66.8 Å². The molecule has 0 atom stereocenters. The summed E-state index contributed by atoms with van der Waals surface area (Å²) < 4.78 is 70.2. The lowest BCUT2D eigenvalue weighted by Gasteiger charge is -2.24. The van der Waals surface area contributed by atoms with E-state index in [0.717, 1.165) is 17.9 Å². The van der Waals surface area contributed by atoms with Crippen LogP contribution in [-0.2, 0) is 35.4 Å². The SMILES string of the molecule is CS(=O)(=O)c1cc(OCCCN(CCc2ccccc2)Cc2cccc(C(F)(F)F)c2Cl)ccc1CCO. The van der Waals surface area contributed by atoms with Gasteiger partial charge in [-0.25, -0.2) is 8.42 Å². The standard InChI is InChI=1S/C28H31ClF3NO4S/c1-38(35,36)26-19-24(12-11-22(26)14-17-34)37-18-6-15-33(16-13-21-7-3-2-4-8-21)20-23-9-5-10-25(27(23)29)28(30,31)32/h2-5,7-12,19,34H,6,13-18,20H2,1H3. The first-order valence-electron chi connectivity index (χ1n) is 12.2. The summed E-state index contributed by atoms with van der Waals surface area (Å²) in [6.07, 6.45) is -1.94. The zero-order valence-electron chi connectivity index (χ0n) is 21.0. The van der Waals surface area contributed by atoms with Crippen LogP contribution >= 0.6 is 11.6 Å². The molecule has 0 bridgehead atoms. The van der Waals surface area contributed by atoms with Gasteiger partial charge in [0.1, 0.15) is 5.75 Å². The zero-order chi connectivity index (χ0) is 27.8. The lowest BCUT2D eigenvalue weighted by molar-refractivity contribution is -0.137. The Morgan fingerprint density at radius 3 is 2.34 bits per heavy atom. The molecule has 0 amide bonds. The highest BCUT2D eigenvalue weighted by molar-refractivity contribution is 7.90. The molecule has 3 aromatic carbocycles. The van der Waals surface area contributed by atoms with Crippen LogP contribution in [-0.4, -0.2) is 51.0 Å². The molecule has 0 fully saturated rings. The van der Waals surface area contributed by atoms with Gasteiger partial charge in [0.05, 0.1) is 22.1 Å². The Kier molecular flexibility index (Phi) is 10.6. The van der Waals surface area contributed by atoms with Crippen LogP contribution < -0.4 is 4.74 Å². The summed E-state index contributed by atoms with van der Waals surface area (Å²) in [6.45, 7) is 1.48. The van der Waals surface area contributed by atoms with E-state index >= 15 is 0 Å². The van der Waals surface area contributed by atoms with E-state index in [2.05, 4.69) is 0 Å². The molecule has 0 saturated carbocycles. The number of sulfone groups is 1. The largest absolute Gasteiger partial charge is 0.494 e. The molecule has 5 nitrogen and oxygen atoms in total. The van der Waals surface area contributed by atoms with E-state index in [1.807, 2.05) is 35.2 Å². The average Bonchev–Trinajstić information content (AvgIpc) is 2.86. The maximum Gasteiger partial charge on any atom is 0.417 e. The predicted octanol–water partition coefficient (Wildman–Crippen LogP) is 5.81. The van der Waals surface area contributed by atoms with Gasteiger partial charge in [0.15, 0.2) is 9.84 Å². The van der Waals surface area contributed by atoms with Gasteiger partial charge in [0.2, 0.25) is 0 Å². The van der Waals surface area contributed by atoms with Crippen molar-refractivity contribution in [2.75, 3.05) is 32.6 Å². The molecular formula is C28H31ClF3NO4S. The molecule has 1 N–H and O–H groups in total. The molecule has 10 heteroatoms. The van der Waals surface area contributed by atoms with Crippen molar-refractivity contribution in [1.29, 1.82) is 0 Å². The summed E-state index contributed by atoms with van der Waals surface area (Å²) in [4.78, 5) is 2.15. The first-order valence-corrected chi connectivity index (χ1v) is 14.4. The van der Waals surface area contributed by atoms with Gasteiger partial charge >= 0.3 is 6.18 Å². The Morgan fingerprint density at radius 1 is 0.947 bits per heavy atom. The van der Waals surface area contributed by atoms with Crippen molar-refractivity contribution in [3.63, 3.8) is 0 Å². The average molecular weight is 570 g/mol. The van der Waals surface area contributed by atoms with Gasteiger partial charge in [-0.3, -0.25) is 4.90 Å². The molecule has 0 aliphatic rings. The third kappa shape index (κ3) is 8.73. The van der Waals surface area contributed by atoms with Gasteiger partial charge in [-0.15, -0.1) is 0 Å². The van der Waals surface area contributed by atoms with Crippen LogP contribution in [0, 0.1) is 0 Å². The van der Waals surface area contributed by atoms with Crippen molar-refractivity contribution < 1.29 is 31.4 Å². The number of aliphatic hydroxyl groups excluding tert-OH is 1. The van der Waals surface area contributed by atoms with Gasteiger partial charge in [0.25, 0.3) is 0 Å². The van der Waals surface area contributed by atoms with Crippen LogP contribution in [0.25, 0.3) is 0 Å². The van der Waals surface area contributed by atoms with E-state index in [-0.39, 0.29) is 36.1 Å². The molecule has 0 unspecified atom stereocenters. The summed E-state index contributed by atoms with van der Waals surface area (Å²) in [7, 11) is -3.50. The monoisotopic (exact) mass is 569 g/mol. The highest BCUT2D eigenvalue weighted by Crippen LogP contribution is 2.36. The summed E-state index contributed by atoms with van der Waals surface area (Å²) in [5.41, 5.74) is 1.18. The molecule has 0 aromatic heterocycles. The van der Waals surface area contributed by atoms with E-state index in [1.165, 1.54) is 12.1 Å². The molecule has 0 aliphatic carbocycles. The fourth-order valence-corrected chi connectivity index (χ4v) is 5.41. The number of ether oxygens (including phenoxy) is 1. The third-order valence-corrected chi connectivity index (χ3v) is 7.67. The molecule has 0 heterocycles. The number of hydrogen-bond donors (Lipinski definition) is 1. The number of benzene rings is 3. The second-order valence-electron chi connectivity index (χ2n) is 9.01. The molecule has 0 spiro atoms. The van der Waals surface area contributed by atoms with Gasteiger partial charge < -0.3 is 9.84 Å². The number of alkyl halides is 3.